The standard InChI is InChI=1S/C23H32N6O5S/c1-2-3-16-35(32,33)28-34-21(30)11-14-24-22(31)18-7-9-20(10-8-18)29-15-4-6-19(17-29)27-23-25-12-5-13-26-23/h5,7-10,12-13,19,28H,2-4,6,11,14-17H2,1H3,(H,24,31)(H,25,26,27)/t19-/m0/s1. The number of amides is 1. The van der Waals surface area contributed by atoms with Crippen LogP contribution in [0.5, 0.6) is 0 Å². The van der Waals surface area contributed by atoms with Crippen LogP contribution in [0.3, 0.4) is 0 Å². The molecule has 1 amide bonds. The van der Waals surface area contributed by atoms with E-state index in [2.05, 4.69) is 30.3 Å². The minimum absolute atomic E-state index is 0.0249. The van der Waals surface area contributed by atoms with Gasteiger partial charge in [-0.15, -0.1) is 0 Å². The van der Waals surface area contributed by atoms with Crippen LogP contribution >= 0.6 is 0 Å². The molecule has 3 rings (SSSR count). The number of piperidine rings is 1. The number of hydrogen-bond donors (Lipinski definition) is 3. The first-order chi connectivity index (χ1) is 16.9. The van der Waals surface area contributed by atoms with E-state index in [9.17, 15) is 18.0 Å². The molecular weight excluding hydrogens is 472 g/mol. The normalized spacial score (nSPS) is 15.9. The summed E-state index contributed by atoms with van der Waals surface area (Å²) >= 11 is 0. The maximum Gasteiger partial charge on any atom is 0.327 e. The summed E-state index contributed by atoms with van der Waals surface area (Å²) < 4.78 is 23.3. The number of unbranched alkanes of at least 4 members (excludes halogenated alkanes) is 1. The minimum atomic E-state index is -3.65. The van der Waals surface area contributed by atoms with Crippen molar-refractivity contribution < 1.29 is 22.8 Å². The van der Waals surface area contributed by atoms with Gasteiger partial charge in [0.05, 0.1) is 12.2 Å². The zero-order valence-corrected chi connectivity index (χ0v) is 20.6. The fourth-order valence-electron chi connectivity index (χ4n) is 3.63. The van der Waals surface area contributed by atoms with Gasteiger partial charge in [0.15, 0.2) is 0 Å². The molecule has 0 spiro atoms. The largest absolute Gasteiger partial charge is 0.369 e. The van der Waals surface area contributed by atoms with E-state index in [0.717, 1.165) is 31.6 Å². The van der Waals surface area contributed by atoms with Gasteiger partial charge in [0.2, 0.25) is 16.0 Å². The number of aromatic nitrogens is 2. The van der Waals surface area contributed by atoms with Gasteiger partial charge in [0.1, 0.15) is 0 Å². The molecule has 0 unspecified atom stereocenters. The lowest BCUT2D eigenvalue weighted by Crippen LogP contribution is -2.42. The second-order valence-corrected chi connectivity index (χ2v) is 10.1. The molecule has 2 heterocycles. The highest BCUT2D eigenvalue weighted by Gasteiger charge is 2.21. The van der Waals surface area contributed by atoms with E-state index < -0.39 is 16.0 Å². The highest BCUT2D eigenvalue weighted by Crippen LogP contribution is 2.22. The predicted octanol–water partition coefficient (Wildman–Crippen LogP) is 1.86. The molecule has 1 aliphatic rings. The molecular formula is C23H32N6O5S. The average molecular weight is 505 g/mol. The molecule has 190 valence electrons. The SMILES string of the molecule is CCCCS(=O)(=O)NOC(=O)CCNC(=O)c1ccc(N2CCC[C@H](Nc3ncccn3)C2)cc1. The van der Waals surface area contributed by atoms with E-state index in [1.54, 1.807) is 30.6 Å². The summed E-state index contributed by atoms with van der Waals surface area (Å²) in [5.41, 5.74) is 1.48. The first kappa shape index (κ1) is 26.4. The summed E-state index contributed by atoms with van der Waals surface area (Å²) in [5, 5.41) is 6.01. The Morgan fingerprint density at radius 3 is 2.63 bits per heavy atom. The van der Waals surface area contributed by atoms with Crippen molar-refractivity contribution in [3.63, 3.8) is 0 Å². The maximum absolute atomic E-state index is 12.4. The summed E-state index contributed by atoms with van der Waals surface area (Å²) in [7, 11) is -3.65. The van der Waals surface area contributed by atoms with E-state index in [1.165, 1.54) is 0 Å². The van der Waals surface area contributed by atoms with Gasteiger partial charge in [-0.25, -0.2) is 18.4 Å². The van der Waals surface area contributed by atoms with Crippen molar-refractivity contribution in [3.8, 4) is 0 Å². The Bertz CT molecular complexity index is 1070. The van der Waals surface area contributed by atoms with Crippen LogP contribution in [0.1, 0.15) is 49.4 Å². The number of carbonyl (C=O) groups is 2. The predicted molar refractivity (Wildman–Crippen MR) is 132 cm³/mol. The average Bonchev–Trinajstić information content (AvgIpc) is 2.87. The molecule has 2 aromatic rings. The lowest BCUT2D eigenvalue weighted by molar-refractivity contribution is -0.146. The third kappa shape index (κ3) is 8.80. The minimum Gasteiger partial charge on any atom is -0.369 e. The molecule has 35 heavy (non-hydrogen) atoms. The lowest BCUT2D eigenvalue weighted by atomic mass is 10.0. The van der Waals surface area contributed by atoms with Crippen LogP contribution in [0, 0.1) is 0 Å². The van der Waals surface area contributed by atoms with Crippen LogP contribution in [0.25, 0.3) is 0 Å². The van der Waals surface area contributed by atoms with Crippen molar-refractivity contribution in [2.75, 3.05) is 35.6 Å². The van der Waals surface area contributed by atoms with Gasteiger partial charge in [-0.2, -0.15) is 0 Å². The van der Waals surface area contributed by atoms with Gasteiger partial charge in [-0.1, -0.05) is 13.3 Å². The van der Waals surface area contributed by atoms with E-state index >= 15 is 0 Å². The fourth-order valence-corrected chi connectivity index (χ4v) is 4.60. The van der Waals surface area contributed by atoms with E-state index in [0.29, 0.717) is 24.4 Å². The number of rotatable bonds is 12. The number of nitrogens with zero attached hydrogens (tertiary/aromatic N) is 3. The highest BCUT2D eigenvalue weighted by molar-refractivity contribution is 7.89. The van der Waals surface area contributed by atoms with Crippen LogP contribution in [-0.2, 0) is 19.7 Å². The van der Waals surface area contributed by atoms with Crippen molar-refractivity contribution in [3.05, 3.63) is 48.3 Å². The molecule has 12 heteroatoms. The number of sulfonamides is 1. The number of anilines is 2. The number of benzene rings is 1. The van der Waals surface area contributed by atoms with E-state index in [-0.39, 0.29) is 30.7 Å². The number of nitrogens with one attached hydrogen (secondary N) is 3. The third-order valence-corrected chi connectivity index (χ3v) is 6.64. The van der Waals surface area contributed by atoms with E-state index in [4.69, 9.17) is 0 Å². The fraction of sp³-hybridized carbons (Fsp3) is 0.478. The smallest absolute Gasteiger partial charge is 0.327 e. The van der Waals surface area contributed by atoms with Crippen molar-refractivity contribution in [1.82, 2.24) is 20.2 Å². The van der Waals surface area contributed by atoms with Crippen molar-refractivity contribution in [1.29, 1.82) is 0 Å². The number of hydrogen-bond acceptors (Lipinski definition) is 9. The van der Waals surface area contributed by atoms with Crippen molar-refractivity contribution in [2.24, 2.45) is 0 Å². The molecule has 3 N–H and O–H groups in total. The van der Waals surface area contributed by atoms with Gasteiger partial charge in [0.25, 0.3) is 5.91 Å². The topological polar surface area (TPSA) is 143 Å². The highest BCUT2D eigenvalue weighted by atomic mass is 32.2. The van der Waals surface area contributed by atoms with Gasteiger partial charge in [-0.05, 0) is 54.5 Å². The summed E-state index contributed by atoms with van der Waals surface area (Å²) in [6, 6.07) is 9.28. The van der Waals surface area contributed by atoms with Crippen molar-refractivity contribution in [2.45, 2.75) is 45.1 Å². The van der Waals surface area contributed by atoms with Gasteiger partial charge >= 0.3 is 5.97 Å². The Hall–Kier alpha value is -3.25. The van der Waals surface area contributed by atoms with Crippen LogP contribution in [0.15, 0.2) is 42.7 Å². The van der Waals surface area contributed by atoms with Crippen LogP contribution < -0.4 is 20.4 Å². The molecule has 1 aromatic heterocycles. The zero-order chi connectivity index (χ0) is 25.1. The molecule has 0 bridgehead atoms. The van der Waals surface area contributed by atoms with Crippen LogP contribution in [0.2, 0.25) is 0 Å². The lowest BCUT2D eigenvalue weighted by Gasteiger charge is -2.34. The molecule has 0 aliphatic carbocycles. The Morgan fingerprint density at radius 2 is 1.91 bits per heavy atom. The molecule has 1 fully saturated rings. The van der Waals surface area contributed by atoms with Gasteiger partial charge in [-0.3, -0.25) is 9.59 Å². The molecule has 1 saturated heterocycles. The van der Waals surface area contributed by atoms with Crippen LogP contribution in [0.4, 0.5) is 11.6 Å². The maximum atomic E-state index is 12.4. The molecule has 0 saturated carbocycles. The Kier molecular flexibility index (Phi) is 9.79. The quantitative estimate of drug-likeness (QED) is 0.369. The molecule has 1 aromatic carbocycles. The monoisotopic (exact) mass is 504 g/mol. The second kappa shape index (κ2) is 13.0. The Balaban J connectivity index is 1.42. The molecule has 1 atom stereocenters. The van der Waals surface area contributed by atoms with Gasteiger partial charge in [0, 0.05) is 49.3 Å². The molecule has 1 aliphatic heterocycles. The third-order valence-electron chi connectivity index (χ3n) is 5.48. The van der Waals surface area contributed by atoms with E-state index in [1.807, 2.05) is 23.9 Å². The second-order valence-electron chi connectivity index (χ2n) is 8.28. The summed E-state index contributed by atoms with van der Waals surface area (Å²) in [6.45, 7) is 3.61. The summed E-state index contributed by atoms with van der Waals surface area (Å²) in [6.07, 6.45) is 6.49. The van der Waals surface area contributed by atoms with Gasteiger partial charge < -0.3 is 20.4 Å². The zero-order valence-electron chi connectivity index (χ0n) is 19.8. The molecule has 0 radical (unpaired) electrons. The molecule has 11 nitrogen and oxygen atoms in total. The van der Waals surface area contributed by atoms with Crippen LogP contribution in [-0.4, -0.2) is 61.7 Å². The summed E-state index contributed by atoms with van der Waals surface area (Å²) in [4.78, 5) is 41.2. The summed E-state index contributed by atoms with van der Waals surface area (Å²) in [5.74, 6) is -0.592. The number of carbonyl (C=O) groups excluding carboxylic acids is 2. The Morgan fingerprint density at radius 1 is 1.17 bits per heavy atom. The Labute approximate surface area is 205 Å². The van der Waals surface area contributed by atoms with Crippen molar-refractivity contribution >= 4 is 33.5 Å². The first-order valence-corrected chi connectivity index (χ1v) is 13.4. The first-order valence-electron chi connectivity index (χ1n) is 11.7.